The zero-order valence-corrected chi connectivity index (χ0v) is 16.0. The minimum Gasteiger partial charge on any atom is -0.355 e. The molecular formula is C22H33NO. The molecule has 2 aliphatic heterocycles. The van der Waals surface area contributed by atoms with Gasteiger partial charge in [-0.3, -0.25) is 4.90 Å². The van der Waals surface area contributed by atoms with Gasteiger partial charge in [0.25, 0.3) is 0 Å². The lowest BCUT2D eigenvalue weighted by Gasteiger charge is -2.61. The van der Waals surface area contributed by atoms with E-state index in [9.17, 15) is 0 Å². The summed E-state index contributed by atoms with van der Waals surface area (Å²) in [4.78, 5) is 2.69. The van der Waals surface area contributed by atoms with Crippen molar-refractivity contribution >= 4 is 0 Å². The van der Waals surface area contributed by atoms with Crippen molar-refractivity contribution in [1.82, 2.24) is 4.90 Å². The Morgan fingerprint density at radius 1 is 1.17 bits per heavy atom. The Bertz CT molecular complexity index is 624. The lowest BCUT2D eigenvalue weighted by molar-refractivity contribution is -0.246. The Kier molecular flexibility index (Phi) is 3.85. The van der Waals surface area contributed by atoms with Crippen molar-refractivity contribution in [2.75, 3.05) is 6.54 Å². The van der Waals surface area contributed by atoms with E-state index in [1.54, 1.807) is 0 Å². The quantitative estimate of drug-likeness (QED) is 0.695. The molecule has 2 nitrogen and oxygen atoms in total. The van der Waals surface area contributed by atoms with Crippen LogP contribution in [0, 0.1) is 11.8 Å². The molecule has 2 heterocycles. The van der Waals surface area contributed by atoms with Crippen LogP contribution in [-0.4, -0.2) is 23.1 Å². The molecule has 0 amide bonds. The van der Waals surface area contributed by atoms with Crippen LogP contribution >= 0.6 is 0 Å². The number of ether oxygens (including phenoxy) is 1. The molecule has 5 atom stereocenters. The summed E-state index contributed by atoms with van der Waals surface area (Å²) in [6.45, 7) is 13.2. The van der Waals surface area contributed by atoms with Crippen molar-refractivity contribution in [1.29, 1.82) is 0 Å². The molecule has 0 spiro atoms. The molecule has 132 valence electrons. The Hall–Kier alpha value is -0.860. The molecule has 0 N–H and O–H groups in total. The number of hydrogen-bond acceptors (Lipinski definition) is 2. The Morgan fingerprint density at radius 2 is 1.92 bits per heavy atom. The van der Waals surface area contributed by atoms with E-state index < -0.39 is 0 Å². The van der Waals surface area contributed by atoms with Crippen LogP contribution < -0.4 is 0 Å². The van der Waals surface area contributed by atoms with Gasteiger partial charge in [0.2, 0.25) is 0 Å². The highest BCUT2D eigenvalue weighted by Crippen LogP contribution is 2.53. The summed E-state index contributed by atoms with van der Waals surface area (Å²) < 4.78 is 6.79. The summed E-state index contributed by atoms with van der Waals surface area (Å²) in [6.07, 6.45) is 5.63. The fourth-order valence-corrected chi connectivity index (χ4v) is 5.59. The molecule has 0 bridgehead atoms. The van der Waals surface area contributed by atoms with Gasteiger partial charge >= 0.3 is 0 Å². The zero-order valence-electron chi connectivity index (χ0n) is 16.0. The number of benzene rings is 1. The van der Waals surface area contributed by atoms with Crippen LogP contribution in [0.5, 0.6) is 0 Å². The minimum atomic E-state index is 0.141. The van der Waals surface area contributed by atoms with E-state index in [0.29, 0.717) is 12.0 Å². The lowest BCUT2D eigenvalue weighted by atomic mass is 9.66. The van der Waals surface area contributed by atoms with Crippen LogP contribution in [0.25, 0.3) is 0 Å². The summed E-state index contributed by atoms with van der Waals surface area (Å²) >= 11 is 0. The second kappa shape index (κ2) is 5.57. The monoisotopic (exact) mass is 327 g/mol. The average molecular weight is 328 g/mol. The molecule has 1 saturated heterocycles. The highest BCUT2D eigenvalue weighted by atomic mass is 16.5. The molecule has 1 aliphatic carbocycles. The molecule has 1 saturated carbocycles. The molecule has 1 aromatic carbocycles. The summed E-state index contributed by atoms with van der Waals surface area (Å²) in [5, 5.41) is 0. The number of hydrogen-bond donors (Lipinski definition) is 0. The van der Waals surface area contributed by atoms with Crippen molar-refractivity contribution < 1.29 is 4.74 Å². The van der Waals surface area contributed by atoms with Gasteiger partial charge in [0.05, 0.1) is 6.10 Å². The third kappa shape index (κ3) is 2.29. The summed E-state index contributed by atoms with van der Waals surface area (Å²) in [7, 11) is 0. The molecule has 1 aromatic rings. The maximum absolute atomic E-state index is 6.79. The van der Waals surface area contributed by atoms with Gasteiger partial charge < -0.3 is 4.74 Å². The molecule has 2 unspecified atom stereocenters. The molecule has 0 radical (unpaired) electrons. The number of rotatable bonds is 1. The first-order valence-corrected chi connectivity index (χ1v) is 9.88. The van der Waals surface area contributed by atoms with Gasteiger partial charge in [-0.2, -0.15) is 0 Å². The molecular weight excluding hydrogens is 294 g/mol. The molecule has 3 aliphatic rings. The number of fused-ring (bicyclic) bond motifs is 4. The maximum atomic E-state index is 6.79. The predicted molar refractivity (Wildman–Crippen MR) is 99.0 cm³/mol. The first-order valence-electron chi connectivity index (χ1n) is 9.88. The number of nitrogens with zero attached hydrogens (tertiary/aromatic N) is 1. The lowest BCUT2D eigenvalue weighted by Crippen LogP contribution is -2.65. The van der Waals surface area contributed by atoms with Gasteiger partial charge in [0.15, 0.2) is 0 Å². The summed E-state index contributed by atoms with van der Waals surface area (Å²) in [5.41, 5.74) is 3.35. The van der Waals surface area contributed by atoms with Gasteiger partial charge in [0.1, 0.15) is 6.23 Å². The zero-order chi connectivity index (χ0) is 17.1. The largest absolute Gasteiger partial charge is 0.355 e. The molecule has 24 heavy (non-hydrogen) atoms. The van der Waals surface area contributed by atoms with E-state index in [2.05, 4.69) is 63.8 Å². The van der Waals surface area contributed by atoms with E-state index >= 15 is 0 Å². The minimum absolute atomic E-state index is 0.141. The predicted octanol–water partition coefficient (Wildman–Crippen LogP) is 5.28. The first-order chi connectivity index (χ1) is 11.4. The normalized spacial score (nSPS) is 41.2. The smallest absolute Gasteiger partial charge is 0.137 e. The highest BCUT2D eigenvalue weighted by Gasteiger charge is 2.54. The Morgan fingerprint density at radius 3 is 2.67 bits per heavy atom. The summed E-state index contributed by atoms with van der Waals surface area (Å²) in [6, 6.07) is 9.02. The van der Waals surface area contributed by atoms with Gasteiger partial charge in [-0.1, -0.05) is 51.5 Å². The van der Waals surface area contributed by atoms with Crippen LogP contribution in [0.4, 0.5) is 0 Å². The van der Waals surface area contributed by atoms with Gasteiger partial charge in [-0.05, 0) is 50.2 Å². The van der Waals surface area contributed by atoms with Gasteiger partial charge in [0, 0.05) is 23.4 Å². The fourth-order valence-electron chi connectivity index (χ4n) is 5.59. The van der Waals surface area contributed by atoms with Crippen LogP contribution in [0.2, 0.25) is 0 Å². The van der Waals surface area contributed by atoms with Gasteiger partial charge in [-0.25, -0.2) is 0 Å². The van der Waals surface area contributed by atoms with E-state index in [4.69, 9.17) is 4.74 Å². The highest BCUT2D eigenvalue weighted by molar-refractivity contribution is 5.39. The third-order valence-corrected chi connectivity index (χ3v) is 7.47. The van der Waals surface area contributed by atoms with E-state index in [1.165, 1.54) is 36.8 Å². The topological polar surface area (TPSA) is 12.5 Å². The third-order valence-electron chi connectivity index (χ3n) is 7.47. The van der Waals surface area contributed by atoms with Crippen molar-refractivity contribution in [3.05, 3.63) is 35.4 Å². The molecule has 4 rings (SSSR count). The summed E-state index contributed by atoms with van der Waals surface area (Å²) in [5.74, 6) is 1.46. The van der Waals surface area contributed by atoms with Crippen molar-refractivity contribution in [3.63, 3.8) is 0 Å². The van der Waals surface area contributed by atoms with Crippen molar-refractivity contribution in [2.24, 2.45) is 11.8 Å². The van der Waals surface area contributed by atoms with E-state index in [-0.39, 0.29) is 17.2 Å². The van der Waals surface area contributed by atoms with Crippen LogP contribution in [0.15, 0.2) is 24.3 Å². The van der Waals surface area contributed by atoms with Crippen LogP contribution in [-0.2, 0) is 10.2 Å². The second-order valence-electron chi connectivity index (χ2n) is 9.33. The molecule has 2 heteroatoms. The van der Waals surface area contributed by atoms with Crippen LogP contribution in [0.3, 0.4) is 0 Å². The first kappa shape index (κ1) is 16.6. The molecule has 0 aromatic heterocycles. The fraction of sp³-hybridized carbons (Fsp3) is 0.727. The van der Waals surface area contributed by atoms with E-state index in [1.807, 2.05) is 0 Å². The molecule has 2 fully saturated rings. The maximum Gasteiger partial charge on any atom is 0.137 e. The second-order valence-corrected chi connectivity index (χ2v) is 9.33. The Balaban J connectivity index is 1.79. The van der Waals surface area contributed by atoms with Crippen molar-refractivity contribution in [2.45, 2.75) is 83.6 Å². The standard InChI is InChI=1S/C22H33NO/c1-6-22(5)14-23-20(16-9-7-8-10-17(16)22)24-19-13-15(2)11-12-18(19)21(23,3)4/h7-10,15,18-20H,6,11-14H2,1-5H3/t15-,18?,19?,20+,22+/m1/s1. The van der Waals surface area contributed by atoms with Crippen LogP contribution in [0.1, 0.15) is 77.7 Å². The SMILES string of the molecule is CC[C@@]1(C)CN2[C@@H](OC3C[C@H](C)CCC3C2(C)C)c2ccccc21. The van der Waals surface area contributed by atoms with E-state index in [0.717, 1.165) is 12.5 Å². The Labute approximate surface area is 147 Å². The van der Waals surface area contributed by atoms with Crippen molar-refractivity contribution in [3.8, 4) is 0 Å². The van der Waals surface area contributed by atoms with Gasteiger partial charge in [-0.15, -0.1) is 0 Å². The average Bonchev–Trinajstić information content (AvgIpc) is 2.56.